The lowest BCUT2D eigenvalue weighted by Gasteiger charge is -2.46. The van der Waals surface area contributed by atoms with Gasteiger partial charge in [-0.3, -0.25) is 48.2 Å². The Labute approximate surface area is 827 Å². The number of Topliss-reactive ketones (excluding diaryl/α,β-unsaturated/α-hetero) is 2. The first-order valence-corrected chi connectivity index (χ1v) is 48.2. The molecule has 40 atom stereocenters. The summed E-state index contributed by atoms with van der Waals surface area (Å²) in [5, 5.41) is 284. The zero-order valence-corrected chi connectivity index (χ0v) is 80.5. The van der Waals surface area contributed by atoms with Crippen molar-refractivity contribution >= 4 is 47.0 Å². The van der Waals surface area contributed by atoms with Gasteiger partial charge in [0.1, 0.15) is 195 Å². The van der Waals surface area contributed by atoms with Crippen LogP contribution in [0.5, 0.6) is 0 Å². The molecule has 6 amide bonds. The molecule has 58 nitrogen and oxygen atoms in total. The van der Waals surface area contributed by atoms with Gasteiger partial charge in [-0.1, -0.05) is 19.3 Å². The molecule has 8 fully saturated rings. The molecule has 0 aromatic rings. The third kappa shape index (κ3) is 38.0. The normalized spacial score (nSPS) is 37.3. The molecule has 0 radical (unpaired) electrons. The Morgan fingerprint density at radius 1 is 0.243 bits per heavy atom. The van der Waals surface area contributed by atoms with Crippen molar-refractivity contribution in [3.05, 3.63) is 0 Å². The Morgan fingerprint density at radius 3 is 0.840 bits per heavy atom. The van der Waals surface area contributed by atoms with Gasteiger partial charge >= 0.3 is 0 Å². The number of nitrogens with zero attached hydrogens (tertiary/aromatic N) is 2. The van der Waals surface area contributed by atoms with Gasteiger partial charge in [-0.05, 0) is 59.8 Å². The predicted molar refractivity (Wildman–Crippen MR) is 474 cm³/mol. The molecule has 0 aliphatic carbocycles. The summed E-state index contributed by atoms with van der Waals surface area (Å²) in [6.45, 7) is -0.961. The van der Waals surface area contributed by atoms with E-state index in [0.29, 0.717) is 70.9 Å². The summed E-state index contributed by atoms with van der Waals surface area (Å²) >= 11 is 0. The van der Waals surface area contributed by atoms with Gasteiger partial charge in [0.25, 0.3) is 0 Å². The number of carbonyl (C=O) groups is 8. The maximum atomic E-state index is 13.3. The summed E-state index contributed by atoms with van der Waals surface area (Å²) in [5.74, 6) is -3.28. The van der Waals surface area contributed by atoms with Gasteiger partial charge in [-0.2, -0.15) is 0 Å². The minimum absolute atomic E-state index is 0.0571. The average molecular weight is 2100 g/mol. The summed E-state index contributed by atoms with van der Waals surface area (Å²) < 4.78 is 88.6. The van der Waals surface area contributed by atoms with Crippen molar-refractivity contribution < 1.29 is 247 Å². The molecular weight excluding hydrogens is 1940 g/mol. The second kappa shape index (κ2) is 63.7. The van der Waals surface area contributed by atoms with Crippen LogP contribution in [-0.2, 0) is 114 Å². The van der Waals surface area contributed by atoms with E-state index in [4.69, 9.17) is 75.8 Å². The van der Waals surface area contributed by atoms with Crippen molar-refractivity contribution in [2.24, 2.45) is 0 Å². The lowest BCUT2D eigenvalue weighted by atomic mass is 9.96. The van der Waals surface area contributed by atoms with Crippen LogP contribution in [0.3, 0.4) is 0 Å². The first-order valence-electron chi connectivity index (χ1n) is 48.2. The van der Waals surface area contributed by atoms with Crippen LogP contribution in [0, 0.1) is 0 Å². The van der Waals surface area contributed by atoms with Crippen molar-refractivity contribution in [3.8, 4) is 0 Å². The predicted octanol–water partition coefficient (Wildman–Crippen LogP) is -18.2. The largest absolute Gasteiger partial charge is 0.394 e. The molecule has 32 N–H and O–H groups in total. The molecule has 0 saturated carbocycles. The standard InChI is InChI=1S/C44H77N3O25.C42H75N5O25/c1-3-45-27(52)11-7-5-4-6-9-22(50)15-47(16-23(51)10-8-13-65-41-36(61)33(58)29(54)21(2)68-41)17-28(53)46-12-14-66-43-39(64)40(72-44-38(63)35(60)31(56)25(19-49)70-44)32(57)26(71-43)20-67-42-37(62)34(59)30(55)24(18-48)69-42;1-3-43-23(50)7-5-4-6-8-44-24(51)13-47(14-25(52)45-9-11-65-39-34(61)31(58)27(54)19(2)68-39)15-26(53)46-10-12-66-41-37(64)38(72-42-36(63)33(60)29(56)21(17-49)70-42)30(57)22(71-41)18-67-40-35(62)32(59)28(55)20(16-48)69-40/h21,24-26,29-44,48-49,54-64H,3-20H2,1-2H3,(H,45,52)(H,46,53);19-22,27-42,48-49,54-64H,3-18H2,1-2H3,(H,43,50)(H,44,51)(H,45,52)(H,46,53)/t21-,24+,25+,26+,29+,30+,31+,32+,33+,34-,35-,36-,37-,38-,39-,40-,41+,42-,43-,44+;19-,20+,21+,22+,27+,28+,29+,30+,31+,32-,33-,34-,35-,36-,37-,38-,39+,40-,41-,42+/m00/s1. The third-order valence-electron chi connectivity index (χ3n) is 24.8. The molecule has 0 aromatic heterocycles. The fourth-order valence-electron chi connectivity index (χ4n) is 16.4. The van der Waals surface area contributed by atoms with E-state index in [9.17, 15) is 171 Å². The maximum Gasteiger partial charge on any atom is 0.234 e. The number of nitrogens with one attached hydrogen (secondary N) is 6. The monoisotopic (exact) mass is 2100 g/mol. The fourth-order valence-corrected chi connectivity index (χ4v) is 16.4. The Kier molecular flexibility index (Phi) is 55.4. The lowest BCUT2D eigenvalue weighted by molar-refractivity contribution is -0.366. The molecule has 144 heavy (non-hydrogen) atoms. The molecule has 0 bridgehead atoms. The first kappa shape index (κ1) is 125. The van der Waals surface area contributed by atoms with Crippen molar-refractivity contribution in [2.75, 3.05) is 145 Å². The van der Waals surface area contributed by atoms with Crippen LogP contribution in [0.4, 0.5) is 0 Å². The zero-order valence-electron chi connectivity index (χ0n) is 80.5. The van der Waals surface area contributed by atoms with Gasteiger partial charge in [0, 0.05) is 65.0 Å². The molecule has 58 heteroatoms. The quantitative estimate of drug-likeness (QED) is 0.0251. The molecule has 0 unspecified atom stereocenters. The Balaban J connectivity index is 0.000000391. The number of carbonyl (C=O) groups excluding carboxylic acids is 8. The SMILES string of the molecule is CCNC(=O)CCCCCCC(=O)CN(CC(=O)CCCO[C@@H]1O[C@@H](C)[C@@H](O)[C@@H](O)[C@@H]1O)CC(=O)NCCO[C@H]1O[C@H](CO[C@H]2O[C@H](CO)[C@@H](O)[C@H](O)[C@@H]2O)[C@@H](O)[C@H](O[C@H]2O[C@H](CO)[C@@H](O)[C@H](O)[C@@H]2O)[C@@H]1O.CCNC(=O)CCCCCNC(=O)CN(CC(=O)NCCO[C@@H]1O[C@@H](C)[C@@H](O)[C@@H](O)[C@@H]1O)CC(=O)NCCO[C@H]1O[C@H](CO[C@H]2O[C@H](CO)[C@@H](O)[C@H](O)[C@@H]2O)[C@@H](O)[C@H](O[C@H]2O[C@H](CO)[C@@H](O)[C@H](O)[C@@H]2O)[C@@H]1O. The van der Waals surface area contributed by atoms with Crippen LogP contribution < -0.4 is 31.9 Å². The van der Waals surface area contributed by atoms with Gasteiger partial charge in [0.15, 0.2) is 50.3 Å². The van der Waals surface area contributed by atoms with Crippen molar-refractivity contribution in [1.29, 1.82) is 0 Å². The molecule has 0 spiro atoms. The number of ether oxygens (including phenoxy) is 16. The Hall–Kier alpha value is -5.60. The number of rotatable bonds is 58. The lowest BCUT2D eigenvalue weighted by Crippen LogP contribution is -2.65. The van der Waals surface area contributed by atoms with Gasteiger partial charge in [0.2, 0.25) is 35.4 Å². The molecule has 8 aliphatic rings. The molecule has 8 heterocycles. The van der Waals surface area contributed by atoms with Gasteiger partial charge in [0.05, 0.1) is 118 Å². The highest BCUT2D eigenvalue weighted by atomic mass is 16.8. The first-order chi connectivity index (χ1) is 68.4. The van der Waals surface area contributed by atoms with E-state index < -0.39 is 348 Å². The van der Waals surface area contributed by atoms with Crippen LogP contribution in [0.2, 0.25) is 0 Å². The molecule has 836 valence electrons. The van der Waals surface area contributed by atoms with Gasteiger partial charge in [-0.25, -0.2) is 0 Å². The van der Waals surface area contributed by atoms with E-state index in [2.05, 4.69) is 31.9 Å². The van der Waals surface area contributed by atoms with E-state index in [0.717, 1.165) is 0 Å². The van der Waals surface area contributed by atoms with E-state index in [1.807, 2.05) is 13.8 Å². The smallest absolute Gasteiger partial charge is 0.234 e. The second-order valence-corrected chi connectivity index (χ2v) is 36.1. The minimum atomic E-state index is -1.97. The summed E-state index contributed by atoms with van der Waals surface area (Å²) in [6.07, 6.45) is -60.5. The zero-order chi connectivity index (χ0) is 106. The Bertz CT molecular complexity index is 3510. The van der Waals surface area contributed by atoms with E-state index >= 15 is 0 Å². The van der Waals surface area contributed by atoms with Crippen molar-refractivity contribution in [1.82, 2.24) is 41.7 Å². The number of unbranched alkanes of at least 4 members (excludes halogenated alkanes) is 5. The Morgan fingerprint density at radius 2 is 0.507 bits per heavy atom. The second-order valence-electron chi connectivity index (χ2n) is 36.1. The number of aliphatic hydroxyl groups excluding tert-OH is 26. The van der Waals surface area contributed by atoms with Crippen LogP contribution in [0.25, 0.3) is 0 Å². The minimum Gasteiger partial charge on any atom is -0.394 e. The van der Waals surface area contributed by atoms with Crippen LogP contribution in [0.1, 0.15) is 105 Å². The highest BCUT2D eigenvalue weighted by Gasteiger charge is 2.56. The summed E-state index contributed by atoms with van der Waals surface area (Å²) in [6, 6.07) is 0. The molecular formula is C86H152N8O50. The molecule has 8 saturated heterocycles. The maximum absolute atomic E-state index is 13.3. The number of aliphatic hydroxyl groups is 26. The fraction of sp³-hybridized carbons (Fsp3) is 0.907. The third-order valence-corrected chi connectivity index (χ3v) is 24.8. The number of ketones is 2. The average Bonchev–Trinajstić information content (AvgIpc) is 0.786. The topological polar surface area (TPSA) is 889 Å². The highest BCUT2D eigenvalue weighted by Crippen LogP contribution is 2.35. The number of hydrogen-bond acceptors (Lipinski definition) is 52. The van der Waals surface area contributed by atoms with Crippen LogP contribution in [0.15, 0.2) is 0 Å². The summed E-state index contributed by atoms with van der Waals surface area (Å²) in [4.78, 5) is 105. The number of hydrogen-bond donors (Lipinski definition) is 32. The van der Waals surface area contributed by atoms with Gasteiger partial charge < -0.3 is 240 Å². The summed E-state index contributed by atoms with van der Waals surface area (Å²) in [5.41, 5.74) is 0. The van der Waals surface area contributed by atoms with E-state index in [1.165, 1.54) is 23.6 Å². The van der Waals surface area contributed by atoms with E-state index in [-0.39, 0.29) is 95.1 Å². The van der Waals surface area contributed by atoms with Crippen molar-refractivity contribution in [2.45, 2.75) is 350 Å². The van der Waals surface area contributed by atoms with Crippen LogP contribution in [-0.4, -0.2) is 580 Å². The molecule has 8 rings (SSSR count). The molecule has 0 aromatic carbocycles. The van der Waals surface area contributed by atoms with E-state index in [1.54, 1.807) is 0 Å². The molecule has 8 aliphatic heterocycles. The van der Waals surface area contributed by atoms with Gasteiger partial charge in [-0.15, -0.1) is 0 Å². The number of amides is 6. The van der Waals surface area contributed by atoms with Crippen LogP contribution >= 0.6 is 0 Å². The summed E-state index contributed by atoms with van der Waals surface area (Å²) in [7, 11) is 0. The van der Waals surface area contributed by atoms with Crippen molar-refractivity contribution in [3.63, 3.8) is 0 Å². The highest BCUT2D eigenvalue weighted by molar-refractivity contribution is 5.86.